The predicted octanol–water partition coefficient (Wildman–Crippen LogP) is 5.89. The van der Waals surface area contributed by atoms with Crippen molar-refractivity contribution in [1.82, 2.24) is 0 Å². The van der Waals surface area contributed by atoms with Crippen molar-refractivity contribution in [3.05, 3.63) is 71.8 Å². The first-order valence-electron chi connectivity index (χ1n) is 7.72. The molecule has 0 saturated carbocycles. The van der Waals surface area contributed by atoms with Crippen molar-refractivity contribution in [2.45, 2.75) is 19.3 Å². The van der Waals surface area contributed by atoms with Crippen LogP contribution < -0.4 is 0 Å². The molecule has 1 aliphatic carbocycles. The van der Waals surface area contributed by atoms with Crippen molar-refractivity contribution >= 4 is 21.7 Å². The minimum Gasteiger partial charge on any atom is -0.456 e. The highest BCUT2D eigenvalue weighted by Crippen LogP contribution is 2.53. The molecule has 22 heavy (non-hydrogen) atoms. The van der Waals surface area contributed by atoms with Crippen molar-refractivity contribution < 1.29 is 4.42 Å². The van der Waals surface area contributed by atoms with Gasteiger partial charge in [0.2, 0.25) is 0 Å². The van der Waals surface area contributed by atoms with E-state index in [1.807, 2.05) is 0 Å². The smallest absolute Gasteiger partial charge is 0.139 e. The molecule has 5 rings (SSSR count). The van der Waals surface area contributed by atoms with Crippen LogP contribution in [0.1, 0.15) is 25.0 Å². The van der Waals surface area contributed by atoms with E-state index < -0.39 is 0 Å². The summed E-state index contributed by atoms with van der Waals surface area (Å²) in [6, 6.07) is 21.4. The monoisotopic (exact) mass is 284 g/mol. The topological polar surface area (TPSA) is 13.1 Å². The van der Waals surface area contributed by atoms with Crippen molar-refractivity contribution in [2.75, 3.05) is 0 Å². The second-order valence-corrected chi connectivity index (χ2v) is 6.64. The maximum Gasteiger partial charge on any atom is 0.139 e. The van der Waals surface area contributed by atoms with Crippen molar-refractivity contribution in [1.29, 1.82) is 0 Å². The molecule has 1 heterocycles. The molecule has 1 aromatic heterocycles. The maximum absolute atomic E-state index is 6.28. The van der Waals surface area contributed by atoms with E-state index >= 15 is 0 Å². The van der Waals surface area contributed by atoms with E-state index in [1.54, 1.807) is 0 Å². The zero-order valence-corrected chi connectivity index (χ0v) is 12.7. The van der Waals surface area contributed by atoms with Gasteiger partial charge in [0.1, 0.15) is 11.3 Å². The van der Waals surface area contributed by atoms with Gasteiger partial charge in [0.15, 0.2) is 0 Å². The summed E-state index contributed by atoms with van der Waals surface area (Å²) >= 11 is 0. The third-order valence-corrected chi connectivity index (χ3v) is 5.05. The molecule has 3 aromatic carbocycles. The Kier molecular flexibility index (Phi) is 2.08. The molecule has 1 aliphatic rings. The van der Waals surface area contributed by atoms with Gasteiger partial charge in [0.05, 0.1) is 0 Å². The fourth-order valence-corrected chi connectivity index (χ4v) is 4.02. The second kappa shape index (κ2) is 3.80. The standard InChI is InChI=1S/C21H16O/c1-21(2)16-10-6-5-9-15(16)20-19(21)18-14-8-4-3-7-13(14)11-12-17(18)22-20/h3-12H,1-2H3. The fraction of sp³-hybridized carbons (Fsp3) is 0.143. The molecular formula is C21H16O. The van der Waals surface area contributed by atoms with Crippen LogP contribution in [0.4, 0.5) is 0 Å². The summed E-state index contributed by atoms with van der Waals surface area (Å²) in [5.74, 6) is 1.05. The van der Waals surface area contributed by atoms with Gasteiger partial charge in [0, 0.05) is 21.9 Å². The summed E-state index contributed by atoms with van der Waals surface area (Å²) in [5, 5.41) is 3.82. The van der Waals surface area contributed by atoms with Gasteiger partial charge in [-0.1, -0.05) is 68.4 Å². The van der Waals surface area contributed by atoms with E-state index in [0.717, 1.165) is 11.3 Å². The maximum atomic E-state index is 6.28. The average molecular weight is 284 g/mol. The van der Waals surface area contributed by atoms with Crippen molar-refractivity contribution in [3.8, 4) is 11.3 Å². The fourth-order valence-electron chi connectivity index (χ4n) is 4.02. The molecule has 4 aromatic rings. The molecule has 1 nitrogen and oxygen atoms in total. The van der Waals surface area contributed by atoms with Gasteiger partial charge in [-0.2, -0.15) is 0 Å². The predicted molar refractivity (Wildman–Crippen MR) is 91.3 cm³/mol. The van der Waals surface area contributed by atoms with Crippen LogP contribution in [0.15, 0.2) is 65.1 Å². The van der Waals surface area contributed by atoms with E-state index in [9.17, 15) is 0 Å². The molecule has 1 heteroatoms. The van der Waals surface area contributed by atoms with E-state index in [-0.39, 0.29) is 5.41 Å². The van der Waals surface area contributed by atoms with E-state index in [0.29, 0.717) is 0 Å². The highest BCUT2D eigenvalue weighted by atomic mass is 16.3. The Hall–Kier alpha value is -2.54. The lowest BCUT2D eigenvalue weighted by atomic mass is 9.81. The van der Waals surface area contributed by atoms with E-state index in [2.05, 4.69) is 74.5 Å². The Balaban J connectivity index is 2.03. The van der Waals surface area contributed by atoms with Crippen LogP contribution in [0.3, 0.4) is 0 Å². The van der Waals surface area contributed by atoms with Gasteiger partial charge in [-0.05, 0) is 22.4 Å². The van der Waals surface area contributed by atoms with Crippen LogP contribution in [0, 0.1) is 0 Å². The summed E-state index contributed by atoms with van der Waals surface area (Å²) in [6.45, 7) is 4.60. The van der Waals surface area contributed by atoms with Gasteiger partial charge >= 0.3 is 0 Å². The van der Waals surface area contributed by atoms with Crippen LogP contribution in [0.5, 0.6) is 0 Å². The van der Waals surface area contributed by atoms with Crippen molar-refractivity contribution in [3.63, 3.8) is 0 Å². The Morgan fingerprint density at radius 1 is 0.818 bits per heavy atom. The summed E-state index contributed by atoms with van der Waals surface area (Å²) in [4.78, 5) is 0. The molecule has 0 spiro atoms. The second-order valence-electron chi connectivity index (χ2n) is 6.64. The summed E-state index contributed by atoms with van der Waals surface area (Å²) in [7, 11) is 0. The highest BCUT2D eigenvalue weighted by Gasteiger charge is 2.40. The van der Waals surface area contributed by atoms with E-state index in [1.165, 1.54) is 32.8 Å². The minimum atomic E-state index is -0.0265. The van der Waals surface area contributed by atoms with E-state index in [4.69, 9.17) is 4.42 Å². The largest absolute Gasteiger partial charge is 0.456 e. The lowest BCUT2D eigenvalue weighted by Gasteiger charge is -2.21. The molecular weight excluding hydrogens is 268 g/mol. The Bertz CT molecular complexity index is 1050. The molecule has 0 radical (unpaired) electrons. The Morgan fingerprint density at radius 3 is 2.50 bits per heavy atom. The number of rotatable bonds is 0. The number of furan rings is 1. The van der Waals surface area contributed by atoms with Gasteiger partial charge in [-0.3, -0.25) is 0 Å². The lowest BCUT2D eigenvalue weighted by Crippen LogP contribution is -2.14. The van der Waals surface area contributed by atoms with Crippen LogP contribution in [-0.2, 0) is 5.41 Å². The molecule has 0 bridgehead atoms. The number of fused-ring (bicyclic) bond motifs is 7. The van der Waals surface area contributed by atoms with Gasteiger partial charge in [-0.25, -0.2) is 0 Å². The SMILES string of the molecule is CC1(C)c2ccccc2-c2oc3ccc4ccccc4c3c21. The molecule has 0 saturated heterocycles. The minimum absolute atomic E-state index is 0.0265. The highest BCUT2D eigenvalue weighted by molar-refractivity contribution is 6.11. The molecule has 0 unspecified atom stereocenters. The zero-order chi connectivity index (χ0) is 14.9. The van der Waals surface area contributed by atoms with Crippen LogP contribution in [0.2, 0.25) is 0 Å². The molecule has 106 valence electrons. The normalized spacial score (nSPS) is 15.2. The first kappa shape index (κ1) is 12.0. The third-order valence-electron chi connectivity index (χ3n) is 5.05. The summed E-state index contributed by atoms with van der Waals surface area (Å²) in [6.07, 6.45) is 0. The van der Waals surface area contributed by atoms with Crippen LogP contribution in [-0.4, -0.2) is 0 Å². The Morgan fingerprint density at radius 2 is 1.59 bits per heavy atom. The van der Waals surface area contributed by atoms with Crippen LogP contribution in [0.25, 0.3) is 33.1 Å². The Labute approximate surface area is 129 Å². The van der Waals surface area contributed by atoms with Gasteiger partial charge in [0.25, 0.3) is 0 Å². The lowest BCUT2D eigenvalue weighted by molar-refractivity contribution is 0.619. The number of hydrogen-bond donors (Lipinski definition) is 0. The molecule has 0 amide bonds. The molecule has 0 aliphatic heterocycles. The van der Waals surface area contributed by atoms with Crippen LogP contribution >= 0.6 is 0 Å². The summed E-state index contributed by atoms with van der Waals surface area (Å²) < 4.78 is 6.28. The summed E-state index contributed by atoms with van der Waals surface area (Å²) in [5.41, 5.74) is 4.90. The zero-order valence-electron chi connectivity index (χ0n) is 12.7. The molecule has 0 fully saturated rings. The molecule has 0 atom stereocenters. The number of benzene rings is 3. The quantitative estimate of drug-likeness (QED) is 0.392. The first-order chi connectivity index (χ1) is 10.7. The molecule has 0 N–H and O–H groups in total. The average Bonchev–Trinajstić information content (AvgIpc) is 3.04. The van der Waals surface area contributed by atoms with Crippen molar-refractivity contribution in [2.24, 2.45) is 0 Å². The van der Waals surface area contributed by atoms with Gasteiger partial charge in [-0.15, -0.1) is 0 Å². The first-order valence-corrected chi connectivity index (χ1v) is 7.72. The number of hydrogen-bond acceptors (Lipinski definition) is 1. The van der Waals surface area contributed by atoms with Gasteiger partial charge < -0.3 is 4.42 Å². The third kappa shape index (κ3) is 1.29.